The number of rotatable bonds is 6. The zero-order valence-corrected chi connectivity index (χ0v) is 18.9. The molecule has 3 aromatic rings. The predicted molar refractivity (Wildman–Crippen MR) is 122 cm³/mol. The summed E-state index contributed by atoms with van der Waals surface area (Å²) >= 11 is 2.33. The molecule has 1 aliphatic rings. The second-order valence-electron chi connectivity index (χ2n) is 7.02. The van der Waals surface area contributed by atoms with Crippen LogP contribution in [0.1, 0.15) is 11.3 Å². The Hall–Kier alpha value is -2.92. The van der Waals surface area contributed by atoms with Crippen LogP contribution < -0.4 is 15.6 Å². The Labute approximate surface area is 195 Å². The van der Waals surface area contributed by atoms with Crippen LogP contribution in [0.15, 0.2) is 63.4 Å². The van der Waals surface area contributed by atoms with Gasteiger partial charge in [-0.15, -0.1) is 11.8 Å². The van der Waals surface area contributed by atoms with Gasteiger partial charge in [-0.1, -0.05) is 17.8 Å². The summed E-state index contributed by atoms with van der Waals surface area (Å²) in [6.07, 6.45) is -3.96. The molecule has 0 saturated carbocycles. The monoisotopic (exact) mass is 493 g/mol. The standard InChI is InChI=1S/C22H18F3N3O3S2/c1-31-16-7-5-14(6-8-16)26-18(29)12-33-21-27-17-9-10-32-19(17)20(30)28(21)15-4-2-3-13(11-15)22(23,24)25/h2-8,11H,9-10,12H2,1H3,(H,26,29). The van der Waals surface area contributed by atoms with Crippen molar-refractivity contribution in [3.05, 3.63) is 70.1 Å². The molecule has 0 aliphatic carbocycles. The highest BCUT2D eigenvalue weighted by molar-refractivity contribution is 8.00. The van der Waals surface area contributed by atoms with E-state index in [1.54, 1.807) is 24.3 Å². The van der Waals surface area contributed by atoms with Gasteiger partial charge in [0, 0.05) is 17.9 Å². The smallest absolute Gasteiger partial charge is 0.416 e. The van der Waals surface area contributed by atoms with Crippen molar-refractivity contribution in [2.45, 2.75) is 22.6 Å². The molecule has 0 atom stereocenters. The fraction of sp³-hybridized carbons (Fsp3) is 0.227. The van der Waals surface area contributed by atoms with Gasteiger partial charge in [0.1, 0.15) is 5.75 Å². The number of alkyl halides is 3. The molecule has 2 heterocycles. The van der Waals surface area contributed by atoms with Crippen molar-refractivity contribution >= 4 is 35.1 Å². The first-order valence-electron chi connectivity index (χ1n) is 9.79. The van der Waals surface area contributed by atoms with Gasteiger partial charge in [0.05, 0.1) is 34.7 Å². The molecule has 0 radical (unpaired) electrons. The van der Waals surface area contributed by atoms with Crippen molar-refractivity contribution in [1.29, 1.82) is 0 Å². The summed E-state index contributed by atoms with van der Waals surface area (Å²) in [4.78, 5) is 30.5. The van der Waals surface area contributed by atoms with Gasteiger partial charge < -0.3 is 10.1 Å². The third-order valence-corrected chi connectivity index (χ3v) is 6.85. The number of thioether (sulfide) groups is 2. The number of hydrogen-bond acceptors (Lipinski definition) is 6. The maximum atomic E-state index is 13.2. The fourth-order valence-electron chi connectivity index (χ4n) is 3.24. The summed E-state index contributed by atoms with van der Waals surface area (Å²) in [6, 6.07) is 11.3. The number of aryl methyl sites for hydroxylation is 1. The number of amides is 1. The van der Waals surface area contributed by atoms with Crippen LogP contribution >= 0.6 is 23.5 Å². The molecule has 6 nitrogen and oxygen atoms in total. The van der Waals surface area contributed by atoms with E-state index < -0.39 is 17.3 Å². The molecule has 0 spiro atoms. The van der Waals surface area contributed by atoms with Gasteiger partial charge in [0.25, 0.3) is 5.56 Å². The highest BCUT2D eigenvalue weighted by Gasteiger charge is 2.31. The lowest BCUT2D eigenvalue weighted by atomic mass is 10.2. The normalized spacial score (nSPS) is 13.0. The van der Waals surface area contributed by atoms with Crippen LogP contribution in [0, 0.1) is 0 Å². The SMILES string of the molecule is COc1ccc(NC(=O)CSc2nc3c(c(=O)n2-c2cccc(C(F)(F)F)c2)SCC3)cc1. The van der Waals surface area contributed by atoms with Gasteiger partial charge in [0.2, 0.25) is 5.91 Å². The average Bonchev–Trinajstić information content (AvgIpc) is 3.27. The molecular formula is C22H18F3N3O3S2. The number of nitrogens with zero attached hydrogens (tertiary/aromatic N) is 2. The molecule has 1 amide bonds. The van der Waals surface area contributed by atoms with Crippen LogP contribution in [0.3, 0.4) is 0 Å². The Morgan fingerprint density at radius 3 is 2.70 bits per heavy atom. The van der Waals surface area contributed by atoms with Crippen molar-refractivity contribution in [1.82, 2.24) is 9.55 Å². The van der Waals surface area contributed by atoms with E-state index in [4.69, 9.17) is 4.74 Å². The number of halogens is 3. The second-order valence-corrected chi connectivity index (χ2v) is 9.07. The van der Waals surface area contributed by atoms with Gasteiger partial charge in [0.15, 0.2) is 5.16 Å². The predicted octanol–water partition coefficient (Wildman–Crippen LogP) is 4.64. The van der Waals surface area contributed by atoms with Crippen LogP contribution in [-0.4, -0.2) is 34.1 Å². The van der Waals surface area contributed by atoms with Gasteiger partial charge in [-0.2, -0.15) is 13.2 Å². The maximum Gasteiger partial charge on any atom is 0.416 e. The van der Waals surface area contributed by atoms with Crippen molar-refractivity contribution in [3.8, 4) is 11.4 Å². The van der Waals surface area contributed by atoms with Crippen LogP contribution in [0.2, 0.25) is 0 Å². The molecule has 172 valence electrons. The first kappa shape index (κ1) is 23.2. The number of carbonyl (C=O) groups excluding carboxylic acids is 1. The second kappa shape index (κ2) is 9.52. The number of anilines is 1. The van der Waals surface area contributed by atoms with Crippen molar-refractivity contribution < 1.29 is 22.7 Å². The summed E-state index contributed by atoms with van der Waals surface area (Å²) in [5, 5.41) is 2.91. The van der Waals surface area contributed by atoms with E-state index in [-0.39, 0.29) is 22.5 Å². The minimum atomic E-state index is -4.55. The van der Waals surface area contributed by atoms with E-state index in [2.05, 4.69) is 10.3 Å². The Morgan fingerprint density at radius 1 is 1.24 bits per heavy atom. The minimum absolute atomic E-state index is 0.0516. The molecule has 4 rings (SSSR count). The molecule has 0 unspecified atom stereocenters. The molecule has 1 N–H and O–H groups in total. The Morgan fingerprint density at radius 2 is 2.00 bits per heavy atom. The summed E-state index contributed by atoms with van der Waals surface area (Å²) < 4.78 is 46.0. The maximum absolute atomic E-state index is 13.2. The van der Waals surface area contributed by atoms with Gasteiger partial charge in [-0.3, -0.25) is 14.2 Å². The summed E-state index contributed by atoms with van der Waals surface area (Å²) in [6.45, 7) is 0. The van der Waals surface area contributed by atoms with E-state index in [1.807, 2.05) is 0 Å². The molecular weight excluding hydrogens is 475 g/mol. The largest absolute Gasteiger partial charge is 0.497 e. The fourth-order valence-corrected chi connectivity index (χ4v) is 5.09. The highest BCUT2D eigenvalue weighted by Crippen LogP contribution is 2.33. The Bertz CT molecular complexity index is 1240. The van der Waals surface area contributed by atoms with Crippen LogP contribution in [0.25, 0.3) is 5.69 Å². The first-order chi connectivity index (χ1) is 15.8. The van der Waals surface area contributed by atoms with E-state index in [0.717, 1.165) is 28.5 Å². The summed E-state index contributed by atoms with van der Waals surface area (Å²) in [7, 11) is 1.54. The molecule has 1 aromatic heterocycles. The number of ether oxygens (including phenoxy) is 1. The van der Waals surface area contributed by atoms with E-state index in [1.165, 1.54) is 31.0 Å². The molecule has 0 bridgehead atoms. The molecule has 1 aliphatic heterocycles. The van der Waals surface area contributed by atoms with E-state index >= 15 is 0 Å². The van der Waals surface area contributed by atoms with Gasteiger partial charge in [-0.05, 0) is 42.5 Å². The topological polar surface area (TPSA) is 73.2 Å². The zero-order valence-electron chi connectivity index (χ0n) is 17.3. The lowest BCUT2D eigenvalue weighted by Gasteiger charge is -2.15. The third kappa shape index (κ3) is 5.19. The summed E-state index contributed by atoms with van der Waals surface area (Å²) in [5.41, 5.74) is -0.0786. The number of nitrogens with one attached hydrogen (secondary N) is 1. The molecule has 11 heteroatoms. The molecule has 0 saturated heterocycles. The van der Waals surface area contributed by atoms with Crippen LogP contribution in [0.5, 0.6) is 5.75 Å². The van der Waals surface area contributed by atoms with Crippen molar-refractivity contribution in [2.24, 2.45) is 0 Å². The Balaban J connectivity index is 1.62. The number of carbonyl (C=O) groups is 1. The zero-order chi connectivity index (χ0) is 23.6. The van der Waals surface area contributed by atoms with Gasteiger partial charge >= 0.3 is 6.18 Å². The number of hydrogen-bond donors (Lipinski definition) is 1. The van der Waals surface area contributed by atoms with Crippen LogP contribution in [-0.2, 0) is 17.4 Å². The number of fused-ring (bicyclic) bond motifs is 1. The van der Waals surface area contributed by atoms with Crippen molar-refractivity contribution in [2.75, 3.05) is 23.9 Å². The first-order valence-corrected chi connectivity index (χ1v) is 11.8. The lowest BCUT2D eigenvalue weighted by molar-refractivity contribution is -0.137. The molecule has 0 fully saturated rings. The highest BCUT2D eigenvalue weighted by atomic mass is 32.2. The Kier molecular flexibility index (Phi) is 6.71. The van der Waals surface area contributed by atoms with Crippen molar-refractivity contribution in [3.63, 3.8) is 0 Å². The lowest BCUT2D eigenvalue weighted by Crippen LogP contribution is -2.25. The average molecular weight is 494 g/mol. The van der Waals surface area contributed by atoms with Crippen LogP contribution in [0.4, 0.5) is 18.9 Å². The third-order valence-electron chi connectivity index (χ3n) is 4.80. The molecule has 2 aromatic carbocycles. The van der Waals surface area contributed by atoms with Gasteiger partial charge in [-0.25, -0.2) is 4.98 Å². The number of aromatic nitrogens is 2. The number of benzene rings is 2. The number of methoxy groups -OCH3 is 1. The minimum Gasteiger partial charge on any atom is -0.497 e. The van der Waals surface area contributed by atoms with E-state index in [0.29, 0.717) is 34.2 Å². The summed E-state index contributed by atoms with van der Waals surface area (Å²) in [5.74, 6) is 0.896. The van der Waals surface area contributed by atoms with E-state index in [9.17, 15) is 22.8 Å². The molecule has 33 heavy (non-hydrogen) atoms. The quantitative estimate of drug-likeness (QED) is 0.399.